The number of aromatic amines is 1. The van der Waals surface area contributed by atoms with Crippen LogP contribution in [0.4, 0.5) is 0 Å². The lowest BCUT2D eigenvalue weighted by Crippen LogP contribution is -2.14. The molecule has 0 radical (unpaired) electrons. The highest BCUT2D eigenvalue weighted by Gasteiger charge is 2.31. The second kappa shape index (κ2) is 10.2. The average molecular weight is 573 g/mol. The number of H-pyrrole nitrogens is 1. The van der Waals surface area contributed by atoms with Crippen molar-refractivity contribution in [3.8, 4) is 17.2 Å². The first-order chi connectivity index (χ1) is 16.7. The maximum Gasteiger partial charge on any atom is 0.215 e. The van der Waals surface area contributed by atoms with Gasteiger partial charge in [-0.15, -0.1) is 0 Å². The Morgan fingerprint density at radius 3 is 2.17 bits per heavy atom. The van der Waals surface area contributed by atoms with E-state index >= 15 is 0 Å². The quantitative estimate of drug-likeness (QED) is 0.232. The number of halogens is 5. The van der Waals surface area contributed by atoms with E-state index in [1.165, 1.54) is 37.0 Å². The molecular formula is C24H15Cl5N2O4. The summed E-state index contributed by atoms with van der Waals surface area (Å²) < 4.78 is 11.9. The second-order valence-electron chi connectivity index (χ2n) is 7.18. The molecule has 0 aliphatic carbocycles. The number of rotatable bonds is 7. The Morgan fingerprint density at radius 2 is 1.49 bits per heavy atom. The Morgan fingerprint density at radius 1 is 0.829 bits per heavy atom. The lowest BCUT2D eigenvalue weighted by molar-refractivity contribution is 0.101. The third-order valence-corrected chi connectivity index (χ3v) is 6.95. The van der Waals surface area contributed by atoms with E-state index in [9.17, 15) is 9.59 Å². The first-order valence-corrected chi connectivity index (χ1v) is 11.8. The Balaban J connectivity index is 1.95. The molecule has 2 heterocycles. The van der Waals surface area contributed by atoms with Gasteiger partial charge in [-0.25, -0.2) is 0 Å². The predicted octanol–water partition coefficient (Wildman–Crippen LogP) is 7.55. The van der Waals surface area contributed by atoms with Gasteiger partial charge in [0.05, 0.1) is 41.8 Å². The van der Waals surface area contributed by atoms with Crippen LogP contribution in [0.1, 0.15) is 32.1 Å². The summed E-state index contributed by atoms with van der Waals surface area (Å²) >= 11 is 31.7. The molecule has 0 atom stereocenters. The van der Waals surface area contributed by atoms with Crippen LogP contribution >= 0.6 is 58.0 Å². The number of hydrogen-bond donors (Lipinski definition) is 1. The number of ketones is 2. The van der Waals surface area contributed by atoms with Crippen LogP contribution in [0.15, 0.2) is 48.5 Å². The van der Waals surface area contributed by atoms with Crippen molar-refractivity contribution in [1.29, 1.82) is 0 Å². The second-order valence-corrected chi connectivity index (χ2v) is 9.14. The van der Waals surface area contributed by atoms with Crippen molar-refractivity contribution in [2.75, 3.05) is 14.2 Å². The van der Waals surface area contributed by atoms with Crippen LogP contribution in [-0.4, -0.2) is 35.3 Å². The molecule has 0 spiro atoms. The van der Waals surface area contributed by atoms with Crippen LogP contribution in [-0.2, 0) is 0 Å². The number of hydrogen-bond acceptors (Lipinski definition) is 4. The van der Waals surface area contributed by atoms with Crippen molar-refractivity contribution in [3.63, 3.8) is 0 Å². The highest BCUT2D eigenvalue weighted by atomic mass is 35.5. The molecule has 11 heteroatoms. The van der Waals surface area contributed by atoms with Crippen LogP contribution in [0.25, 0.3) is 5.69 Å². The number of carbonyl (C=O) groups excluding carboxylic acids is 2. The van der Waals surface area contributed by atoms with Gasteiger partial charge in [-0.3, -0.25) is 14.2 Å². The van der Waals surface area contributed by atoms with E-state index in [0.717, 1.165) is 0 Å². The molecule has 0 fully saturated rings. The average Bonchev–Trinajstić information content (AvgIpc) is 3.32. The van der Waals surface area contributed by atoms with E-state index in [4.69, 9.17) is 67.5 Å². The molecule has 1 N–H and O–H groups in total. The zero-order valence-electron chi connectivity index (χ0n) is 18.1. The van der Waals surface area contributed by atoms with Gasteiger partial charge in [0, 0.05) is 5.02 Å². The van der Waals surface area contributed by atoms with Crippen LogP contribution in [0.2, 0.25) is 25.4 Å². The molecule has 0 bridgehead atoms. The summed E-state index contributed by atoms with van der Waals surface area (Å²) in [5, 5.41) is 0.344. The summed E-state index contributed by atoms with van der Waals surface area (Å²) in [6, 6.07) is 12.6. The molecule has 0 aliphatic heterocycles. The van der Waals surface area contributed by atoms with Crippen molar-refractivity contribution in [1.82, 2.24) is 9.55 Å². The van der Waals surface area contributed by atoms with E-state index in [2.05, 4.69) is 4.98 Å². The molecule has 2 aromatic heterocycles. The number of methoxy groups -OCH3 is 2. The monoisotopic (exact) mass is 570 g/mol. The molecule has 2 aromatic carbocycles. The minimum Gasteiger partial charge on any atom is -0.496 e. The van der Waals surface area contributed by atoms with Gasteiger partial charge in [-0.1, -0.05) is 70.1 Å². The molecule has 35 heavy (non-hydrogen) atoms. The van der Waals surface area contributed by atoms with Gasteiger partial charge in [0.1, 0.15) is 32.5 Å². The maximum absolute atomic E-state index is 13.6. The first-order valence-electron chi connectivity index (χ1n) is 9.89. The zero-order valence-corrected chi connectivity index (χ0v) is 21.9. The smallest absolute Gasteiger partial charge is 0.215 e. The van der Waals surface area contributed by atoms with Gasteiger partial charge in [0.25, 0.3) is 0 Å². The SMILES string of the molecule is COc1ccccc1C(=O)c1[nH]c(Cl)c(Cl)c1-n1c(C(=O)c2ccc(Cl)cc2OC)cc(Cl)c1Cl. The fourth-order valence-corrected chi connectivity index (χ4v) is 4.60. The molecule has 0 saturated heterocycles. The number of benzene rings is 2. The van der Waals surface area contributed by atoms with Gasteiger partial charge < -0.3 is 14.5 Å². The minimum atomic E-state index is -0.503. The summed E-state index contributed by atoms with van der Waals surface area (Å²) in [5.41, 5.74) is 0.496. The molecule has 0 unspecified atom stereocenters. The molecule has 4 rings (SSSR count). The first kappa shape index (κ1) is 25.5. The summed E-state index contributed by atoms with van der Waals surface area (Å²) in [4.78, 5) is 30.0. The van der Waals surface area contributed by atoms with Gasteiger partial charge in [0.15, 0.2) is 0 Å². The highest BCUT2D eigenvalue weighted by Crippen LogP contribution is 2.40. The Hall–Kier alpha value is -2.61. The van der Waals surface area contributed by atoms with Crippen molar-refractivity contribution in [3.05, 3.63) is 96.4 Å². The molecule has 0 amide bonds. The lowest BCUT2D eigenvalue weighted by Gasteiger charge is -2.14. The largest absolute Gasteiger partial charge is 0.496 e. The highest BCUT2D eigenvalue weighted by molar-refractivity contribution is 6.45. The molecule has 0 saturated carbocycles. The summed E-state index contributed by atoms with van der Waals surface area (Å²) in [6.45, 7) is 0. The summed E-state index contributed by atoms with van der Waals surface area (Å²) in [6.07, 6.45) is 0. The standard InChI is InChI=1S/C24H15Cl5N2O4/c1-34-16-6-4-3-5-12(16)22(33)19-20(18(27)23(28)30-19)31-15(10-14(26)24(31)29)21(32)13-8-7-11(25)9-17(13)35-2/h3-10,30H,1-2H3. The molecular weight excluding hydrogens is 558 g/mol. The number of aromatic nitrogens is 2. The van der Waals surface area contributed by atoms with Gasteiger partial charge >= 0.3 is 0 Å². The maximum atomic E-state index is 13.6. The third kappa shape index (κ3) is 4.53. The third-order valence-electron chi connectivity index (χ3n) is 5.21. The van der Waals surface area contributed by atoms with Crippen LogP contribution in [0.3, 0.4) is 0 Å². The van der Waals surface area contributed by atoms with E-state index < -0.39 is 11.6 Å². The number of para-hydroxylation sites is 1. The Bertz CT molecular complexity index is 1480. The fraction of sp³-hybridized carbons (Fsp3) is 0.0833. The van der Waals surface area contributed by atoms with Crippen LogP contribution in [0.5, 0.6) is 11.5 Å². The van der Waals surface area contributed by atoms with Gasteiger partial charge in [-0.2, -0.15) is 0 Å². The van der Waals surface area contributed by atoms with E-state index in [1.54, 1.807) is 30.3 Å². The number of nitrogens with one attached hydrogen (secondary N) is 1. The summed E-state index contributed by atoms with van der Waals surface area (Å²) in [5.74, 6) is -0.416. The predicted molar refractivity (Wildman–Crippen MR) is 138 cm³/mol. The van der Waals surface area contributed by atoms with E-state index in [1.807, 2.05) is 0 Å². The van der Waals surface area contributed by atoms with Gasteiger partial charge in [-0.05, 0) is 36.4 Å². The number of nitrogens with zero attached hydrogens (tertiary/aromatic N) is 1. The van der Waals surface area contributed by atoms with E-state index in [0.29, 0.717) is 10.8 Å². The molecule has 6 nitrogen and oxygen atoms in total. The fourth-order valence-electron chi connectivity index (χ4n) is 3.61. The Kier molecular flexibility index (Phi) is 7.40. The Labute approximate surface area is 225 Å². The summed E-state index contributed by atoms with van der Waals surface area (Å²) in [7, 11) is 2.86. The molecule has 4 aromatic rings. The molecule has 180 valence electrons. The number of carbonyl (C=O) groups is 2. The van der Waals surface area contributed by atoms with E-state index in [-0.39, 0.29) is 54.3 Å². The van der Waals surface area contributed by atoms with Crippen molar-refractivity contribution in [2.45, 2.75) is 0 Å². The van der Waals surface area contributed by atoms with Crippen molar-refractivity contribution < 1.29 is 19.1 Å². The van der Waals surface area contributed by atoms with Crippen LogP contribution < -0.4 is 9.47 Å². The van der Waals surface area contributed by atoms with Crippen molar-refractivity contribution >= 4 is 69.6 Å². The van der Waals surface area contributed by atoms with Crippen LogP contribution in [0, 0.1) is 0 Å². The normalized spacial score (nSPS) is 10.9. The minimum absolute atomic E-state index is 0.0178. The zero-order chi connectivity index (χ0) is 25.4. The van der Waals surface area contributed by atoms with Gasteiger partial charge in [0.2, 0.25) is 11.6 Å². The topological polar surface area (TPSA) is 73.3 Å². The lowest BCUT2D eigenvalue weighted by atomic mass is 10.1. The van der Waals surface area contributed by atoms with Crippen molar-refractivity contribution in [2.24, 2.45) is 0 Å². The number of ether oxygens (including phenoxy) is 2. The molecule has 0 aliphatic rings.